The van der Waals surface area contributed by atoms with E-state index in [-0.39, 0.29) is 5.41 Å². The van der Waals surface area contributed by atoms with Crippen molar-refractivity contribution in [1.29, 1.82) is 0 Å². The molecule has 29 heavy (non-hydrogen) atoms. The fraction of sp³-hybridized carbons (Fsp3) is 0.600. The fourth-order valence-electron chi connectivity index (χ4n) is 4.16. The second-order valence-electron chi connectivity index (χ2n) is 9.10. The van der Waals surface area contributed by atoms with E-state index >= 15 is 0 Å². The number of Topliss-reactive ketones (excluding diaryl/α,β-unsaturated/α-hetero) is 1. The summed E-state index contributed by atoms with van der Waals surface area (Å²) in [6.45, 7) is 10.8. The lowest BCUT2D eigenvalue weighted by molar-refractivity contribution is -0.151. The van der Waals surface area contributed by atoms with Crippen LogP contribution in [-0.2, 0) is 14.3 Å². The molecule has 0 bridgehead atoms. The predicted molar refractivity (Wildman–Crippen MR) is 116 cm³/mol. The van der Waals surface area contributed by atoms with Gasteiger partial charge in [-0.05, 0) is 76.7 Å². The molecule has 160 valence electrons. The molecular weight excluding hydrogens is 364 g/mol. The summed E-state index contributed by atoms with van der Waals surface area (Å²) in [5.41, 5.74) is 5.80. The molecule has 4 heteroatoms. The molecule has 0 aromatic heterocycles. The van der Waals surface area contributed by atoms with Crippen LogP contribution in [0.2, 0.25) is 0 Å². The van der Waals surface area contributed by atoms with Gasteiger partial charge in [0, 0.05) is 18.1 Å². The van der Waals surface area contributed by atoms with Crippen molar-refractivity contribution < 1.29 is 19.4 Å². The van der Waals surface area contributed by atoms with Gasteiger partial charge < -0.3 is 9.84 Å². The number of rotatable bonds is 9. The number of ketones is 1. The van der Waals surface area contributed by atoms with E-state index in [4.69, 9.17) is 0 Å². The van der Waals surface area contributed by atoms with E-state index in [0.29, 0.717) is 24.2 Å². The van der Waals surface area contributed by atoms with E-state index in [1.165, 1.54) is 22.8 Å². The summed E-state index contributed by atoms with van der Waals surface area (Å²) in [7, 11) is 0. The zero-order chi connectivity index (χ0) is 21.6. The molecule has 1 unspecified atom stereocenters. The molecule has 0 amide bonds. The van der Waals surface area contributed by atoms with E-state index in [2.05, 4.69) is 44.6 Å². The molecule has 2 rings (SSSR count). The number of cyclic esters (lactones) is 1. The summed E-state index contributed by atoms with van der Waals surface area (Å²) < 4.78 is 4.69. The Morgan fingerprint density at radius 1 is 1.14 bits per heavy atom. The summed E-state index contributed by atoms with van der Waals surface area (Å²) in [5, 5.41) is 9.57. The fourth-order valence-corrected chi connectivity index (χ4v) is 4.16. The molecule has 2 aliphatic rings. The Morgan fingerprint density at radius 3 is 2.45 bits per heavy atom. The Balaban J connectivity index is 1.76. The largest absolute Gasteiger partial charge is 0.429 e. The Bertz CT molecular complexity index is 762. The summed E-state index contributed by atoms with van der Waals surface area (Å²) in [6, 6.07) is 0. The van der Waals surface area contributed by atoms with Crippen molar-refractivity contribution in [3.63, 3.8) is 0 Å². The van der Waals surface area contributed by atoms with Crippen LogP contribution in [0.4, 0.5) is 0 Å². The van der Waals surface area contributed by atoms with Crippen LogP contribution in [0, 0.1) is 5.41 Å². The molecule has 4 nitrogen and oxygen atoms in total. The zero-order valence-electron chi connectivity index (χ0n) is 18.6. The van der Waals surface area contributed by atoms with Crippen molar-refractivity contribution in [3.8, 4) is 0 Å². The van der Waals surface area contributed by atoms with Crippen LogP contribution >= 0.6 is 0 Å². The maximum Gasteiger partial charge on any atom is 0.333 e. The molecule has 0 saturated heterocycles. The van der Waals surface area contributed by atoms with Gasteiger partial charge in [0.25, 0.3) is 0 Å². The van der Waals surface area contributed by atoms with Gasteiger partial charge in [-0.1, -0.05) is 42.7 Å². The van der Waals surface area contributed by atoms with Crippen molar-refractivity contribution in [3.05, 3.63) is 46.1 Å². The SMILES string of the molecule is CC1=C(CC/C(C)=C/CC/C(C)=C/CCC2=CC(=O)OC2O)C(C)(C)CCC1=O. The number of aliphatic hydroxyl groups is 1. The van der Waals surface area contributed by atoms with Gasteiger partial charge in [0.1, 0.15) is 0 Å². The van der Waals surface area contributed by atoms with E-state index in [9.17, 15) is 14.7 Å². The third kappa shape index (κ3) is 6.81. The van der Waals surface area contributed by atoms with Crippen LogP contribution in [0.25, 0.3) is 0 Å². The molecular formula is C25H36O4. The molecule has 1 aliphatic heterocycles. The maximum atomic E-state index is 12.1. The van der Waals surface area contributed by atoms with Crippen molar-refractivity contribution in [2.75, 3.05) is 0 Å². The van der Waals surface area contributed by atoms with Gasteiger partial charge in [-0.25, -0.2) is 4.79 Å². The molecule has 0 aromatic carbocycles. The number of hydrogen-bond acceptors (Lipinski definition) is 4. The molecule has 0 saturated carbocycles. The van der Waals surface area contributed by atoms with E-state index < -0.39 is 12.3 Å². The summed E-state index contributed by atoms with van der Waals surface area (Å²) in [6.07, 6.45) is 11.9. The van der Waals surface area contributed by atoms with Crippen LogP contribution in [0.5, 0.6) is 0 Å². The van der Waals surface area contributed by atoms with Gasteiger partial charge in [-0.3, -0.25) is 4.79 Å². The highest BCUT2D eigenvalue weighted by Crippen LogP contribution is 2.41. The summed E-state index contributed by atoms with van der Waals surface area (Å²) in [4.78, 5) is 23.2. The number of carbonyl (C=O) groups excluding carboxylic acids is 2. The number of allylic oxidation sites excluding steroid dienone is 6. The number of aliphatic hydroxyl groups excluding tert-OH is 1. The number of ether oxygens (including phenoxy) is 1. The molecule has 1 aliphatic carbocycles. The van der Waals surface area contributed by atoms with Crippen molar-refractivity contribution in [2.24, 2.45) is 5.41 Å². The molecule has 0 aromatic rings. The minimum Gasteiger partial charge on any atom is -0.429 e. The highest BCUT2D eigenvalue weighted by Gasteiger charge is 2.31. The van der Waals surface area contributed by atoms with Gasteiger partial charge in [-0.15, -0.1) is 0 Å². The Labute approximate surface area is 175 Å². The van der Waals surface area contributed by atoms with E-state index in [1.54, 1.807) is 0 Å². The summed E-state index contributed by atoms with van der Waals surface area (Å²) >= 11 is 0. The average Bonchev–Trinajstić information content (AvgIpc) is 2.95. The highest BCUT2D eigenvalue weighted by molar-refractivity contribution is 5.96. The Kier molecular flexibility index (Phi) is 8.21. The van der Waals surface area contributed by atoms with E-state index in [0.717, 1.165) is 44.1 Å². The highest BCUT2D eigenvalue weighted by atomic mass is 16.6. The minimum atomic E-state index is -1.06. The third-order valence-corrected chi connectivity index (χ3v) is 6.24. The summed E-state index contributed by atoms with van der Waals surface area (Å²) in [5.74, 6) is -0.140. The first kappa shape index (κ1) is 23.3. The monoisotopic (exact) mass is 400 g/mol. The predicted octanol–water partition coefficient (Wildman–Crippen LogP) is 5.73. The van der Waals surface area contributed by atoms with E-state index in [1.807, 2.05) is 6.92 Å². The minimum absolute atomic E-state index is 0.135. The second-order valence-corrected chi connectivity index (χ2v) is 9.10. The third-order valence-electron chi connectivity index (χ3n) is 6.24. The van der Waals surface area contributed by atoms with Crippen molar-refractivity contribution in [1.82, 2.24) is 0 Å². The molecule has 0 radical (unpaired) electrons. The lowest BCUT2D eigenvalue weighted by atomic mass is 9.70. The van der Waals surface area contributed by atoms with Gasteiger partial charge >= 0.3 is 5.97 Å². The Morgan fingerprint density at radius 2 is 1.79 bits per heavy atom. The first-order chi connectivity index (χ1) is 13.6. The number of carbonyl (C=O) groups is 2. The zero-order valence-corrected chi connectivity index (χ0v) is 18.6. The van der Waals surface area contributed by atoms with Crippen LogP contribution in [0.3, 0.4) is 0 Å². The second kappa shape index (κ2) is 10.2. The Hall–Kier alpha value is -1.94. The van der Waals surface area contributed by atoms with Crippen LogP contribution < -0.4 is 0 Å². The topological polar surface area (TPSA) is 63.6 Å². The average molecular weight is 401 g/mol. The standard InChI is InChI=1S/C25H36O4/c1-17(10-7-11-20-16-23(27)29-24(20)28)8-6-9-18(2)12-13-21-19(3)22(26)14-15-25(21,4)5/h9-10,16,24,28H,6-8,11-15H2,1-5H3/b17-10+,18-9+. The van der Waals surface area contributed by atoms with Gasteiger partial charge in [-0.2, -0.15) is 0 Å². The first-order valence-electron chi connectivity index (χ1n) is 10.7. The molecule has 1 N–H and O–H groups in total. The molecule has 0 fully saturated rings. The molecule has 1 heterocycles. The lowest BCUT2D eigenvalue weighted by Crippen LogP contribution is -2.25. The lowest BCUT2D eigenvalue weighted by Gasteiger charge is -2.34. The maximum absolute atomic E-state index is 12.1. The normalized spacial score (nSPS) is 22.8. The number of esters is 1. The van der Waals surface area contributed by atoms with Gasteiger partial charge in [0.15, 0.2) is 5.78 Å². The number of hydrogen-bond donors (Lipinski definition) is 1. The molecule has 0 spiro atoms. The van der Waals surface area contributed by atoms with Gasteiger partial charge in [0.05, 0.1) is 0 Å². The van der Waals surface area contributed by atoms with Crippen LogP contribution in [0.15, 0.2) is 46.1 Å². The van der Waals surface area contributed by atoms with Crippen LogP contribution in [-0.4, -0.2) is 23.1 Å². The van der Waals surface area contributed by atoms with Crippen molar-refractivity contribution in [2.45, 2.75) is 92.3 Å². The quantitative estimate of drug-likeness (QED) is 0.397. The van der Waals surface area contributed by atoms with Gasteiger partial charge in [0.2, 0.25) is 6.29 Å². The van der Waals surface area contributed by atoms with Crippen molar-refractivity contribution >= 4 is 11.8 Å². The smallest absolute Gasteiger partial charge is 0.333 e. The molecule has 1 atom stereocenters. The first-order valence-corrected chi connectivity index (χ1v) is 10.7. The van der Waals surface area contributed by atoms with Crippen LogP contribution in [0.1, 0.15) is 86.0 Å².